The van der Waals surface area contributed by atoms with Gasteiger partial charge in [-0.1, -0.05) is 24.3 Å². The van der Waals surface area contributed by atoms with Crippen molar-refractivity contribution >= 4 is 22.4 Å². The third-order valence-corrected chi connectivity index (χ3v) is 5.34. The number of hydrogen-bond donors (Lipinski definition) is 0. The third-order valence-electron chi connectivity index (χ3n) is 5.34. The molecule has 0 radical (unpaired) electrons. The molecular weight excluding hydrogens is 368 g/mol. The van der Waals surface area contributed by atoms with Crippen LogP contribution in [0.25, 0.3) is 16.5 Å². The molecule has 0 N–H and O–H groups in total. The maximum Gasteiger partial charge on any atom is 0.349 e. The van der Waals surface area contributed by atoms with Crippen LogP contribution in [0.4, 0.5) is 0 Å². The SMILES string of the molecule is O=C(c1cc2ccccc2oc1=O)N1CCN(Cc2cc3ccccn3n2)CC1. The molecule has 0 spiro atoms. The van der Waals surface area contributed by atoms with E-state index in [0.717, 1.165) is 36.2 Å². The topological polar surface area (TPSA) is 71.1 Å². The summed E-state index contributed by atoms with van der Waals surface area (Å²) in [7, 11) is 0. The molecule has 7 heteroatoms. The fraction of sp³-hybridized carbons (Fsp3) is 0.227. The van der Waals surface area contributed by atoms with Crippen molar-refractivity contribution in [2.24, 2.45) is 0 Å². The van der Waals surface area contributed by atoms with Crippen LogP contribution in [0.15, 0.2) is 70.0 Å². The Morgan fingerprint density at radius 2 is 1.79 bits per heavy atom. The monoisotopic (exact) mass is 388 g/mol. The number of fused-ring (bicyclic) bond motifs is 2. The van der Waals surface area contributed by atoms with Crippen molar-refractivity contribution in [1.29, 1.82) is 0 Å². The van der Waals surface area contributed by atoms with Crippen LogP contribution in [0, 0.1) is 0 Å². The van der Waals surface area contributed by atoms with E-state index in [1.165, 1.54) is 0 Å². The minimum atomic E-state index is -0.583. The van der Waals surface area contributed by atoms with Gasteiger partial charge >= 0.3 is 5.63 Å². The highest BCUT2D eigenvalue weighted by atomic mass is 16.4. The van der Waals surface area contributed by atoms with E-state index < -0.39 is 5.63 Å². The van der Waals surface area contributed by atoms with Crippen LogP contribution in [0.2, 0.25) is 0 Å². The zero-order valence-corrected chi connectivity index (χ0v) is 15.8. The minimum absolute atomic E-state index is 0.0949. The van der Waals surface area contributed by atoms with Gasteiger partial charge in [0.15, 0.2) is 0 Å². The second-order valence-electron chi connectivity index (χ2n) is 7.26. The van der Waals surface area contributed by atoms with Crippen molar-refractivity contribution in [1.82, 2.24) is 19.4 Å². The first-order valence-corrected chi connectivity index (χ1v) is 9.65. The summed E-state index contributed by atoms with van der Waals surface area (Å²) in [5.74, 6) is -0.267. The molecule has 0 aliphatic carbocycles. The molecule has 1 amide bonds. The van der Waals surface area contributed by atoms with E-state index in [1.807, 2.05) is 41.0 Å². The van der Waals surface area contributed by atoms with Crippen LogP contribution in [0.3, 0.4) is 0 Å². The molecule has 7 nitrogen and oxygen atoms in total. The molecule has 0 saturated carbocycles. The number of benzene rings is 1. The van der Waals surface area contributed by atoms with Crippen molar-refractivity contribution in [2.75, 3.05) is 26.2 Å². The lowest BCUT2D eigenvalue weighted by atomic mass is 10.1. The van der Waals surface area contributed by atoms with Gasteiger partial charge < -0.3 is 9.32 Å². The van der Waals surface area contributed by atoms with Crippen LogP contribution in [0.1, 0.15) is 16.1 Å². The standard InChI is InChI=1S/C22H20N4O3/c27-21(19-13-16-5-1-2-7-20(16)29-22(19)28)25-11-9-24(10-12-25)15-17-14-18-6-3-4-8-26(18)23-17/h1-8,13-14H,9-12,15H2. The van der Waals surface area contributed by atoms with Gasteiger partial charge in [-0.2, -0.15) is 5.10 Å². The molecule has 4 heterocycles. The largest absolute Gasteiger partial charge is 0.422 e. The van der Waals surface area contributed by atoms with Crippen molar-refractivity contribution in [3.8, 4) is 0 Å². The van der Waals surface area contributed by atoms with Crippen molar-refractivity contribution in [2.45, 2.75) is 6.54 Å². The summed E-state index contributed by atoms with van der Waals surface area (Å²) in [4.78, 5) is 29.1. The zero-order chi connectivity index (χ0) is 19.8. The highest BCUT2D eigenvalue weighted by Gasteiger charge is 2.25. The number of pyridine rings is 1. The number of hydrogen-bond acceptors (Lipinski definition) is 5. The highest BCUT2D eigenvalue weighted by molar-refractivity contribution is 5.96. The molecule has 5 rings (SSSR count). The first-order valence-electron chi connectivity index (χ1n) is 9.65. The van der Waals surface area contributed by atoms with Gasteiger partial charge in [0.2, 0.25) is 0 Å². The Balaban J connectivity index is 1.27. The Kier molecular flexibility index (Phi) is 4.37. The summed E-state index contributed by atoms with van der Waals surface area (Å²) in [6.07, 6.45) is 1.94. The third kappa shape index (κ3) is 3.40. The summed E-state index contributed by atoms with van der Waals surface area (Å²) in [6, 6.07) is 16.9. The number of rotatable bonds is 3. The molecule has 29 heavy (non-hydrogen) atoms. The second kappa shape index (κ2) is 7.18. The van der Waals surface area contributed by atoms with Gasteiger partial charge in [-0.25, -0.2) is 9.31 Å². The van der Waals surface area contributed by atoms with Gasteiger partial charge in [-0.05, 0) is 30.3 Å². The maximum atomic E-state index is 12.9. The molecule has 1 aliphatic heterocycles. The summed E-state index contributed by atoms with van der Waals surface area (Å²) >= 11 is 0. The van der Waals surface area contributed by atoms with Gasteiger partial charge in [-0.15, -0.1) is 0 Å². The van der Waals surface area contributed by atoms with Crippen molar-refractivity contribution in [3.05, 3.63) is 82.5 Å². The lowest BCUT2D eigenvalue weighted by molar-refractivity contribution is 0.0623. The first-order chi connectivity index (χ1) is 14.2. The van der Waals surface area contributed by atoms with E-state index in [0.29, 0.717) is 18.7 Å². The quantitative estimate of drug-likeness (QED) is 0.504. The highest BCUT2D eigenvalue weighted by Crippen LogP contribution is 2.15. The van der Waals surface area contributed by atoms with E-state index in [-0.39, 0.29) is 11.5 Å². The maximum absolute atomic E-state index is 12.9. The molecule has 1 aliphatic rings. The molecule has 3 aromatic heterocycles. The van der Waals surface area contributed by atoms with Gasteiger partial charge in [0.05, 0.1) is 11.2 Å². The van der Waals surface area contributed by atoms with Crippen LogP contribution in [-0.2, 0) is 6.54 Å². The second-order valence-corrected chi connectivity index (χ2v) is 7.26. The number of nitrogens with zero attached hydrogens (tertiary/aromatic N) is 4. The molecule has 0 unspecified atom stereocenters. The van der Waals surface area contributed by atoms with E-state index >= 15 is 0 Å². The minimum Gasteiger partial charge on any atom is -0.422 e. The molecule has 146 valence electrons. The fourth-order valence-electron chi connectivity index (χ4n) is 3.79. The van der Waals surface area contributed by atoms with Crippen LogP contribution in [0.5, 0.6) is 0 Å². The number of amides is 1. The zero-order valence-electron chi connectivity index (χ0n) is 15.8. The molecular formula is C22H20N4O3. The van der Waals surface area contributed by atoms with E-state index in [9.17, 15) is 9.59 Å². The van der Waals surface area contributed by atoms with Gasteiger partial charge in [0.25, 0.3) is 5.91 Å². The van der Waals surface area contributed by atoms with Crippen LogP contribution >= 0.6 is 0 Å². The Morgan fingerprint density at radius 1 is 1.00 bits per heavy atom. The molecule has 1 saturated heterocycles. The Hall–Kier alpha value is -3.45. The number of piperazine rings is 1. The lowest BCUT2D eigenvalue weighted by Gasteiger charge is -2.34. The lowest BCUT2D eigenvalue weighted by Crippen LogP contribution is -2.49. The summed E-state index contributed by atoms with van der Waals surface area (Å²) in [6.45, 7) is 3.34. The predicted molar refractivity (Wildman–Crippen MR) is 109 cm³/mol. The average Bonchev–Trinajstić information content (AvgIpc) is 3.15. The molecule has 4 aromatic rings. The smallest absolute Gasteiger partial charge is 0.349 e. The normalized spacial score (nSPS) is 15.2. The van der Waals surface area contributed by atoms with E-state index in [2.05, 4.69) is 16.1 Å². The van der Waals surface area contributed by atoms with Crippen molar-refractivity contribution in [3.63, 3.8) is 0 Å². The first kappa shape index (κ1) is 17.6. The Bertz CT molecular complexity index is 1220. The van der Waals surface area contributed by atoms with Crippen molar-refractivity contribution < 1.29 is 9.21 Å². The molecule has 0 bridgehead atoms. The fourth-order valence-corrected chi connectivity index (χ4v) is 3.79. The number of para-hydroxylation sites is 1. The van der Waals surface area contributed by atoms with Crippen LogP contribution in [-0.4, -0.2) is 51.5 Å². The van der Waals surface area contributed by atoms with Gasteiger partial charge in [0, 0.05) is 44.3 Å². The summed E-state index contributed by atoms with van der Waals surface area (Å²) < 4.78 is 7.18. The summed E-state index contributed by atoms with van der Waals surface area (Å²) in [5, 5.41) is 5.34. The molecule has 0 atom stereocenters. The molecule has 1 fully saturated rings. The number of carbonyl (C=O) groups excluding carboxylic acids is 1. The average molecular weight is 388 g/mol. The number of carbonyl (C=O) groups is 1. The van der Waals surface area contributed by atoms with Crippen LogP contribution < -0.4 is 5.63 Å². The Labute approximate surface area is 166 Å². The predicted octanol–water partition coefficient (Wildman–Crippen LogP) is 2.40. The van der Waals surface area contributed by atoms with Gasteiger partial charge in [0.1, 0.15) is 11.1 Å². The number of aromatic nitrogens is 2. The van der Waals surface area contributed by atoms with Gasteiger partial charge in [-0.3, -0.25) is 9.69 Å². The Morgan fingerprint density at radius 3 is 2.62 bits per heavy atom. The van der Waals surface area contributed by atoms with E-state index in [1.54, 1.807) is 23.1 Å². The molecule has 1 aromatic carbocycles. The van der Waals surface area contributed by atoms with E-state index in [4.69, 9.17) is 4.42 Å². The summed E-state index contributed by atoms with van der Waals surface area (Å²) in [5.41, 5.74) is 2.08.